The first-order valence-corrected chi connectivity index (χ1v) is 11.1. The van der Waals surface area contributed by atoms with E-state index in [2.05, 4.69) is 15.0 Å². The smallest absolute Gasteiger partial charge is 0.261 e. The lowest BCUT2D eigenvalue weighted by atomic mass is 10.1. The molecule has 8 heteroatoms. The third-order valence-electron chi connectivity index (χ3n) is 5.73. The van der Waals surface area contributed by atoms with E-state index >= 15 is 0 Å². The van der Waals surface area contributed by atoms with Gasteiger partial charge in [-0.2, -0.15) is 0 Å². The van der Waals surface area contributed by atoms with Crippen molar-refractivity contribution in [3.63, 3.8) is 0 Å². The molecular weight excluding hydrogens is 438 g/mol. The zero-order valence-electron chi connectivity index (χ0n) is 18.3. The first-order chi connectivity index (χ1) is 16.1. The molecule has 4 aromatic rings. The van der Waals surface area contributed by atoms with Crippen molar-refractivity contribution in [3.8, 4) is 5.75 Å². The van der Waals surface area contributed by atoms with Gasteiger partial charge in [-0.3, -0.25) is 9.78 Å². The molecule has 4 heterocycles. The Morgan fingerprint density at radius 1 is 1.06 bits per heavy atom. The molecule has 0 spiro atoms. The van der Waals surface area contributed by atoms with Gasteiger partial charge in [0.2, 0.25) is 0 Å². The number of hydrogen-bond donors (Lipinski definition) is 0. The molecule has 0 N–H and O–H groups in total. The average molecular weight is 460 g/mol. The second-order valence-corrected chi connectivity index (χ2v) is 8.11. The number of fused-ring (bicyclic) bond motifs is 3. The third kappa shape index (κ3) is 3.85. The number of hydrogen-bond acceptors (Lipinski definition) is 6. The molecule has 0 saturated heterocycles. The summed E-state index contributed by atoms with van der Waals surface area (Å²) in [6.07, 6.45) is 4.14. The molecule has 1 amide bonds. The van der Waals surface area contributed by atoms with Gasteiger partial charge in [-0.25, -0.2) is 9.97 Å². The van der Waals surface area contributed by atoms with Crippen LogP contribution in [0.4, 0.5) is 17.3 Å². The molecule has 0 bridgehead atoms. The Kier molecular flexibility index (Phi) is 5.56. The van der Waals surface area contributed by atoms with E-state index in [-0.39, 0.29) is 5.91 Å². The Bertz CT molecular complexity index is 1350. The molecule has 166 valence electrons. The number of nitrogens with zero attached hydrogens (tertiary/aromatic N) is 5. The highest BCUT2D eigenvalue weighted by Gasteiger charge is 2.30. The van der Waals surface area contributed by atoms with Crippen LogP contribution < -0.4 is 14.5 Å². The van der Waals surface area contributed by atoms with Crippen molar-refractivity contribution in [2.45, 2.75) is 13.3 Å². The monoisotopic (exact) mass is 459 g/mol. The van der Waals surface area contributed by atoms with Gasteiger partial charge in [0.1, 0.15) is 16.7 Å². The lowest BCUT2D eigenvalue weighted by molar-refractivity contribution is 0.0994. The highest BCUT2D eigenvalue weighted by Crippen LogP contribution is 2.38. The predicted molar refractivity (Wildman–Crippen MR) is 130 cm³/mol. The maximum Gasteiger partial charge on any atom is 0.261 e. The van der Waals surface area contributed by atoms with Gasteiger partial charge in [-0.1, -0.05) is 23.7 Å². The normalized spacial score (nSPS) is 13.0. The molecule has 7 nitrogen and oxygen atoms in total. The molecular formula is C25H22ClN5O2. The van der Waals surface area contributed by atoms with Gasteiger partial charge in [0.15, 0.2) is 5.82 Å². The fraction of sp³-hybridized carbons (Fsp3) is 0.200. The Morgan fingerprint density at radius 2 is 1.91 bits per heavy atom. The van der Waals surface area contributed by atoms with Crippen LogP contribution in [0.25, 0.3) is 10.9 Å². The van der Waals surface area contributed by atoms with Gasteiger partial charge in [0, 0.05) is 37.8 Å². The molecule has 0 aliphatic carbocycles. The first kappa shape index (κ1) is 21.2. The van der Waals surface area contributed by atoms with Crippen molar-refractivity contribution in [1.29, 1.82) is 0 Å². The number of halogens is 1. The van der Waals surface area contributed by atoms with E-state index in [1.807, 2.05) is 54.3 Å². The molecule has 33 heavy (non-hydrogen) atoms. The molecule has 0 unspecified atom stereocenters. The molecule has 0 atom stereocenters. The van der Waals surface area contributed by atoms with Gasteiger partial charge in [0.25, 0.3) is 5.91 Å². The second-order valence-electron chi connectivity index (χ2n) is 7.72. The van der Waals surface area contributed by atoms with Crippen LogP contribution in [0.15, 0.2) is 60.9 Å². The molecule has 3 aromatic heterocycles. The van der Waals surface area contributed by atoms with Crippen LogP contribution in [0.3, 0.4) is 0 Å². The number of pyridine rings is 3. The minimum absolute atomic E-state index is 0.137. The highest BCUT2D eigenvalue weighted by molar-refractivity contribution is 6.29. The van der Waals surface area contributed by atoms with E-state index in [9.17, 15) is 4.79 Å². The van der Waals surface area contributed by atoms with Crippen molar-refractivity contribution >= 4 is 45.7 Å². The van der Waals surface area contributed by atoms with E-state index in [0.717, 1.165) is 22.2 Å². The molecule has 1 aromatic carbocycles. The number of aromatic nitrogens is 3. The van der Waals surface area contributed by atoms with Gasteiger partial charge in [-0.05, 0) is 48.9 Å². The number of anilines is 3. The molecule has 5 rings (SSSR count). The van der Waals surface area contributed by atoms with Crippen molar-refractivity contribution in [1.82, 2.24) is 15.0 Å². The zero-order valence-corrected chi connectivity index (χ0v) is 19.1. The van der Waals surface area contributed by atoms with Crippen LogP contribution in [0.1, 0.15) is 22.8 Å². The third-order valence-corrected chi connectivity index (χ3v) is 5.94. The lowest BCUT2D eigenvalue weighted by Crippen LogP contribution is -2.25. The number of para-hydroxylation sites is 1. The summed E-state index contributed by atoms with van der Waals surface area (Å²) >= 11 is 6.15. The van der Waals surface area contributed by atoms with E-state index < -0.39 is 0 Å². The largest absolute Gasteiger partial charge is 0.492 e. The van der Waals surface area contributed by atoms with Crippen molar-refractivity contribution in [2.75, 3.05) is 30.0 Å². The van der Waals surface area contributed by atoms with E-state index in [1.54, 1.807) is 30.4 Å². The lowest BCUT2D eigenvalue weighted by Gasteiger charge is -2.23. The molecule has 0 saturated carbocycles. The summed E-state index contributed by atoms with van der Waals surface area (Å²) < 4.78 is 6.05. The SMILES string of the molecule is CCN1c2ncc(CCOc3ccnc4ccccc34)cc2C(=O)N(C)c2ccc(Cl)nc21. The van der Waals surface area contributed by atoms with Crippen LogP contribution in [0, 0.1) is 0 Å². The fourth-order valence-electron chi connectivity index (χ4n) is 4.05. The average Bonchev–Trinajstić information content (AvgIpc) is 2.92. The number of rotatable bonds is 5. The van der Waals surface area contributed by atoms with Crippen molar-refractivity contribution in [2.24, 2.45) is 0 Å². The minimum Gasteiger partial charge on any atom is -0.492 e. The Balaban J connectivity index is 1.42. The minimum atomic E-state index is -0.137. The number of carbonyl (C=O) groups excluding carboxylic acids is 1. The van der Waals surface area contributed by atoms with Crippen molar-refractivity contribution in [3.05, 3.63) is 77.2 Å². The molecule has 0 fully saturated rings. The predicted octanol–water partition coefficient (Wildman–Crippen LogP) is 5.05. The van der Waals surface area contributed by atoms with Crippen LogP contribution in [0.5, 0.6) is 5.75 Å². The molecule has 1 aliphatic heterocycles. The summed E-state index contributed by atoms with van der Waals surface area (Å²) in [5.41, 5.74) is 3.03. The number of benzene rings is 1. The second kappa shape index (κ2) is 8.67. The summed E-state index contributed by atoms with van der Waals surface area (Å²) in [5, 5.41) is 1.34. The van der Waals surface area contributed by atoms with Crippen LogP contribution in [-0.2, 0) is 6.42 Å². The Morgan fingerprint density at radius 3 is 2.76 bits per heavy atom. The number of carbonyl (C=O) groups is 1. The van der Waals surface area contributed by atoms with Crippen molar-refractivity contribution < 1.29 is 9.53 Å². The topological polar surface area (TPSA) is 71.5 Å². The summed E-state index contributed by atoms with van der Waals surface area (Å²) in [6, 6.07) is 15.1. The van der Waals surface area contributed by atoms with E-state index in [1.165, 1.54) is 0 Å². The fourth-order valence-corrected chi connectivity index (χ4v) is 4.20. The maximum atomic E-state index is 13.3. The van der Waals surface area contributed by atoms with Crippen LogP contribution >= 0.6 is 11.6 Å². The summed E-state index contributed by atoms with van der Waals surface area (Å²) in [5.74, 6) is 1.84. The van der Waals surface area contributed by atoms with Gasteiger partial charge < -0.3 is 14.5 Å². The maximum absolute atomic E-state index is 13.3. The van der Waals surface area contributed by atoms with E-state index in [4.69, 9.17) is 16.3 Å². The highest BCUT2D eigenvalue weighted by atomic mass is 35.5. The van der Waals surface area contributed by atoms with Gasteiger partial charge in [0.05, 0.1) is 23.4 Å². The Hall–Kier alpha value is -3.71. The molecule has 0 radical (unpaired) electrons. The number of amides is 1. The zero-order chi connectivity index (χ0) is 22.9. The van der Waals surface area contributed by atoms with Gasteiger partial charge in [-0.15, -0.1) is 0 Å². The summed E-state index contributed by atoms with van der Waals surface area (Å²) in [7, 11) is 1.74. The standard InChI is InChI=1S/C25H22ClN5O2/c1-3-31-23-18(25(32)30(2)20-8-9-22(26)29-24(20)31)14-16(15-28-23)11-13-33-21-10-12-27-19-7-5-4-6-17(19)21/h4-10,12,14-15H,3,11,13H2,1-2H3. The molecule has 1 aliphatic rings. The summed E-state index contributed by atoms with van der Waals surface area (Å²) in [4.78, 5) is 30.3. The van der Waals surface area contributed by atoms with E-state index in [0.29, 0.717) is 47.6 Å². The Labute approximate surface area is 196 Å². The summed E-state index contributed by atoms with van der Waals surface area (Å²) in [6.45, 7) is 3.04. The van der Waals surface area contributed by atoms with Crippen LogP contribution in [0.2, 0.25) is 5.15 Å². The first-order valence-electron chi connectivity index (χ1n) is 10.7. The van der Waals surface area contributed by atoms with Gasteiger partial charge >= 0.3 is 0 Å². The number of ether oxygens (including phenoxy) is 1. The van der Waals surface area contributed by atoms with Crippen LogP contribution in [-0.4, -0.2) is 41.1 Å². The quantitative estimate of drug-likeness (QED) is 0.389.